The number of sulfonamides is 1. The van der Waals surface area contributed by atoms with Gasteiger partial charge in [-0.25, -0.2) is 8.42 Å². The smallest absolute Gasteiger partial charge is 0.243 e. The van der Waals surface area contributed by atoms with E-state index in [0.717, 1.165) is 17.7 Å². The molecule has 2 aliphatic rings. The van der Waals surface area contributed by atoms with E-state index in [-0.39, 0.29) is 16.7 Å². The standard InChI is InChI=1S/C24H31N3O5S/c1-26(2)20-6-3-5-18(15-20)17-25-24(28)19-9-11-27(12-10-19)33(29,30)21-7-8-22-23(16-21)32-14-4-13-31-22/h3,5-8,15-16,19H,4,9-14,17H2,1-2H3,(H,25,28). The van der Waals surface area contributed by atoms with Crippen molar-refractivity contribution in [3.05, 3.63) is 48.0 Å². The van der Waals surface area contributed by atoms with Gasteiger partial charge in [-0.2, -0.15) is 4.31 Å². The third kappa shape index (κ3) is 5.42. The van der Waals surface area contributed by atoms with E-state index in [2.05, 4.69) is 5.32 Å². The molecule has 0 aliphatic carbocycles. The van der Waals surface area contributed by atoms with Gasteiger partial charge in [0.2, 0.25) is 15.9 Å². The minimum atomic E-state index is -3.66. The lowest BCUT2D eigenvalue weighted by molar-refractivity contribution is -0.126. The molecule has 1 amide bonds. The maximum absolute atomic E-state index is 13.2. The lowest BCUT2D eigenvalue weighted by Gasteiger charge is -2.30. The van der Waals surface area contributed by atoms with Crippen molar-refractivity contribution in [2.24, 2.45) is 5.92 Å². The molecular formula is C24H31N3O5S. The Morgan fingerprint density at radius 2 is 1.79 bits per heavy atom. The van der Waals surface area contributed by atoms with Crippen LogP contribution in [0.2, 0.25) is 0 Å². The Balaban J connectivity index is 1.34. The second-order valence-corrected chi connectivity index (χ2v) is 10.6. The maximum Gasteiger partial charge on any atom is 0.243 e. The van der Waals surface area contributed by atoms with Crippen LogP contribution in [0.1, 0.15) is 24.8 Å². The van der Waals surface area contributed by atoms with E-state index in [0.29, 0.717) is 57.2 Å². The second kappa shape index (κ2) is 10.0. The summed E-state index contributed by atoms with van der Waals surface area (Å²) in [5.41, 5.74) is 2.11. The van der Waals surface area contributed by atoms with Gasteiger partial charge >= 0.3 is 0 Å². The van der Waals surface area contributed by atoms with Crippen LogP contribution in [-0.4, -0.2) is 59.0 Å². The number of fused-ring (bicyclic) bond motifs is 1. The number of carbonyl (C=O) groups is 1. The van der Waals surface area contributed by atoms with Crippen molar-refractivity contribution in [3.63, 3.8) is 0 Å². The zero-order chi connectivity index (χ0) is 23.4. The number of hydrogen-bond donors (Lipinski definition) is 1. The summed E-state index contributed by atoms with van der Waals surface area (Å²) in [4.78, 5) is 14.9. The molecular weight excluding hydrogens is 442 g/mol. The summed E-state index contributed by atoms with van der Waals surface area (Å²) >= 11 is 0. The van der Waals surface area contributed by atoms with Gasteiger partial charge in [0.25, 0.3) is 0 Å². The zero-order valence-corrected chi connectivity index (χ0v) is 19.9. The van der Waals surface area contributed by atoms with Crippen molar-refractivity contribution in [1.29, 1.82) is 0 Å². The number of nitrogens with zero attached hydrogens (tertiary/aromatic N) is 2. The molecule has 2 aromatic rings. The summed E-state index contributed by atoms with van der Waals surface area (Å²) in [5.74, 6) is 0.800. The SMILES string of the molecule is CN(C)c1cccc(CNC(=O)C2CCN(S(=O)(=O)c3ccc4c(c3)OCCCO4)CC2)c1. The Labute approximate surface area is 195 Å². The molecule has 0 atom stereocenters. The zero-order valence-electron chi connectivity index (χ0n) is 19.1. The molecule has 0 aromatic heterocycles. The maximum atomic E-state index is 13.2. The minimum Gasteiger partial charge on any atom is -0.490 e. The van der Waals surface area contributed by atoms with Gasteiger partial charge in [0.15, 0.2) is 11.5 Å². The van der Waals surface area contributed by atoms with E-state index in [1.54, 1.807) is 12.1 Å². The minimum absolute atomic E-state index is 0.0297. The van der Waals surface area contributed by atoms with Crippen molar-refractivity contribution in [2.45, 2.75) is 30.7 Å². The molecule has 1 fully saturated rings. The van der Waals surface area contributed by atoms with Crippen molar-refractivity contribution in [3.8, 4) is 11.5 Å². The molecule has 178 valence electrons. The fourth-order valence-corrected chi connectivity index (χ4v) is 5.58. The van der Waals surface area contributed by atoms with Gasteiger partial charge in [-0.15, -0.1) is 0 Å². The summed E-state index contributed by atoms with van der Waals surface area (Å²) < 4.78 is 39.0. The molecule has 9 heteroatoms. The van der Waals surface area contributed by atoms with Crippen molar-refractivity contribution >= 4 is 21.6 Å². The largest absolute Gasteiger partial charge is 0.490 e. The quantitative estimate of drug-likeness (QED) is 0.694. The molecule has 8 nitrogen and oxygen atoms in total. The first kappa shape index (κ1) is 23.4. The lowest BCUT2D eigenvalue weighted by Crippen LogP contribution is -2.42. The first-order chi connectivity index (χ1) is 15.8. The van der Waals surface area contributed by atoms with E-state index in [4.69, 9.17) is 9.47 Å². The molecule has 0 unspecified atom stereocenters. The van der Waals surface area contributed by atoms with Gasteiger partial charge in [-0.3, -0.25) is 4.79 Å². The summed E-state index contributed by atoms with van der Waals surface area (Å²) in [6.07, 6.45) is 1.74. The van der Waals surface area contributed by atoms with Gasteiger partial charge in [0, 0.05) is 57.8 Å². The molecule has 0 spiro atoms. The Kier molecular flexibility index (Phi) is 7.09. The highest BCUT2D eigenvalue weighted by Crippen LogP contribution is 2.33. The van der Waals surface area contributed by atoms with Crippen LogP contribution < -0.4 is 19.7 Å². The third-order valence-corrected chi connectivity index (χ3v) is 7.97. The molecule has 1 saturated heterocycles. The number of hydrogen-bond acceptors (Lipinski definition) is 6. The van der Waals surface area contributed by atoms with Gasteiger partial charge in [-0.1, -0.05) is 12.1 Å². The van der Waals surface area contributed by atoms with E-state index in [1.807, 2.05) is 43.3 Å². The Hall–Kier alpha value is -2.78. The monoisotopic (exact) mass is 473 g/mol. The fourth-order valence-electron chi connectivity index (χ4n) is 4.09. The Bertz CT molecular complexity index is 1100. The Morgan fingerprint density at radius 3 is 2.52 bits per heavy atom. The first-order valence-corrected chi connectivity index (χ1v) is 12.7. The number of piperidine rings is 1. The fraction of sp³-hybridized carbons (Fsp3) is 0.458. The predicted octanol–water partition coefficient (Wildman–Crippen LogP) is 2.63. The van der Waals surface area contributed by atoms with E-state index < -0.39 is 10.0 Å². The number of anilines is 1. The highest BCUT2D eigenvalue weighted by atomic mass is 32.2. The van der Waals surface area contributed by atoms with Crippen LogP contribution >= 0.6 is 0 Å². The second-order valence-electron chi connectivity index (χ2n) is 8.62. The highest BCUT2D eigenvalue weighted by molar-refractivity contribution is 7.89. The lowest BCUT2D eigenvalue weighted by atomic mass is 9.97. The van der Waals surface area contributed by atoms with Crippen LogP contribution in [0, 0.1) is 5.92 Å². The van der Waals surface area contributed by atoms with Crippen LogP contribution in [0.3, 0.4) is 0 Å². The average molecular weight is 474 g/mol. The number of amides is 1. The highest BCUT2D eigenvalue weighted by Gasteiger charge is 2.32. The normalized spacial score (nSPS) is 17.3. The van der Waals surface area contributed by atoms with Crippen LogP contribution in [0.5, 0.6) is 11.5 Å². The molecule has 0 saturated carbocycles. The van der Waals surface area contributed by atoms with Crippen molar-refractivity contribution in [1.82, 2.24) is 9.62 Å². The molecule has 2 heterocycles. The van der Waals surface area contributed by atoms with Crippen LogP contribution in [0.4, 0.5) is 5.69 Å². The third-order valence-electron chi connectivity index (χ3n) is 6.08. The summed E-state index contributed by atoms with van der Waals surface area (Å²) in [6, 6.07) is 12.8. The number of carbonyl (C=O) groups excluding carboxylic acids is 1. The van der Waals surface area contributed by atoms with Gasteiger partial charge in [0.1, 0.15) is 0 Å². The van der Waals surface area contributed by atoms with Crippen molar-refractivity contribution < 1.29 is 22.7 Å². The number of benzene rings is 2. The topological polar surface area (TPSA) is 88.2 Å². The molecule has 2 aliphatic heterocycles. The van der Waals surface area contributed by atoms with E-state index in [1.165, 1.54) is 10.4 Å². The molecule has 0 bridgehead atoms. The average Bonchev–Trinajstić information content (AvgIpc) is 3.07. The van der Waals surface area contributed by atoms with Crippen molar-refractivity contribution in [2.75, 3.05) is 45.3 Å². The number of rotatable bonds is 6. The molecule has 33 heavy (non-hydrogen) atoms. The van der Waals surface area contributed by atoms with E-state index >= 15 is 0 Å². The van der Waals surface area contributed by atoms with Crippen LogP contribution in [-0.2, 0) is 21.4 Å². The summed E-state index contributed by atoms with van der Waals surface area (Å²) in [7, 11) is 0.293. The summed E-state index contributed by atoms with van der Waals surface area (Å²) in [6.45, 7) is 2.12. The van der Waals surface area contributed by atoms with Crippen LogP contribution in [0.25, 0.3) is 0 Å². The number of ether oxygens (including phenoxy) is 2. The predicted molar refractivity (Wildman–Crippen MR) is 126 cm³/mol. The first-order valence-electron chi connectivity index (χ1n) is 11.3. The summed E-state index contributed by atoms with van der Waals surface area (Å²) in [5, 5.41) is 3.00. The molecule has 2 aromatic carbocycles. The van der Waals surface area contributed by atoms with Gasteiger partial charge in [0.05, 0.1) is 18.1 Å². The van der Waals surface area contributed by atoms with Crippen LogP contribution in [0.15, 0.2) is 47.4 Å². The number of nitrogens with one attached hydrogen (secondary N) is 1. The molecule has 0 radical (unpaired) electrons. The molecule has 1 N–H and O–H groups in total. The van der Waals surface area contributed by atoms with E-state index in [9.17, 15) is 13.2 Å². The van der Waals surface area contributed by atoms with Gasteiger partial charge < -0.3 is 19.7 Å². The van der Waals surface area contributed by atoms with Gasteiger partial charge in [-0.05, 0) is 42.7 Å². The Morgan fingerprint density at radius 1 is 1.06 bits per heavy atom. The molecule has 4 rings (SSSR count).